The fourth-order valence-corrected chi connectivity index (χ4v) is 1.70. The molecule has 1 rings (SSSR count). The molecule has 1 aromatic rings. The highest BCUT2D eigenvalue weighted by Crippen LogP contribution is 2.04. The summed E-state index contributed by atoms with van der Waals surface area (Å²) in [6, 6.07) is 6.99. The number of carbonyl (C=O) groups is 1. The molecule has 0 aromatic heterocycles. The Morgan fingerprint density at radius 2 is 1.88 bits per heavy atom. The molecule has 0 spiro atoms. The first-order valence-electron chi connectivity index (χ1n) is 4.66. The molecule has 1 amide bonds. The van der Waals surface area contributed by atoms with Gasteiger partial charge in [-0.1, -0.05) is 12.1 Å². The van der Waals surface area contributed by atoms with Crippen LogP contribution >= 0.6 is 0 Å². The molecule has 5 nitrogen and oxygen atoms in total. The van der Waals surface area contributed by atoms with Gasteiger partial charge in [0.15, 0.2) is 9.84 Å². The molecule has 0 bridgehead atoms. The number of carbonyl (C=O) groups excluding carboxylic acids is 1. The zero-order chi connectivity index (χ0) is 12.2. The Hall–Kier alpha value is -1.56. The number of benzene rings is 1. The Balaban J connectivity index is 2.46. The molecule has 0 saturated carbocycles. The van der Waals surface area contributed by atoms with Gasteiger partial charge in [-0.25, -0.2) is 8.42 Å². The molecule has 0 aliphatic carbocycles. The van der Waals surface area contributed by atoms with E-state index in [0.717, 1.165) is 11.8 Å². The fraction of sp³-hybridized carbons (Fsp3) is 0.300. The Kier molecular flexibility index (Phi) is 3.89. The Labute approximate surface area is 94.6 Å². The summed E-state index contributed by atoms with van der Waals surface area (Å²) in [4.78, 5) is 11.2. The van der Waals surface area contributed by atoms with Gasteiger partial charge in [0.2, 0.25) is 5.91 Å². The molecule has 88 valence electrons. The second-order valence-corrected chi connectivity index (χ2v) is 5.73. The van der Waals surface area contributed by atoms with Crippen molar-refractivity contribution in [3.63, 3.8) is 0 Å². The summed E-state index contributed by atoms with van der Waals surface area (Å²) in [5.74, 6) is -0.985. The molecule has 0 aliphatic rings. The largest absolute Gasteiger partial charge is 0.399 e. The third kappa shape index (κ3) is 4.79. The van der Waals surface area contributed by atoms with Crippen LogP contribution in [0.3, 0.4) is 0 Å². The van der Waals surface area contributed by atoms with E-state index in [1.54, 1.807) is 24.3 Å². The van der Waals surface area contributed by atoms with Crippen LogP contribution < -0.4 is 11.1 Å². The number of anilines is 1. The average molecular weight is 242 g/mol. The standard InChI is InChI=1S/C10H14N2O3S/c1-16(14,15)7-10(13)12-6-8-2-4-9(11)5-3-8/h2-5H,6-7,11H2,1H3,(H,12,13). The van der Waals surface area contributed by atoms with Crippen molar-refractivity contribution in [3.05, 3.63) is 29.8 Å². The van der Waals surface area contributed by atoms with Crippen molar-refractivity contribution >= 4 is 21.4 Å². The van der Waals surface area contributed by atoms with Crippen LogP contribution in [-0.4, -0.2) is 26.3 Å². The van der Waals surface area contributed by atoms with E-state index in [4.69, 9.17) is 5.73 Å². The van der Waals surface area contributed by atoms with E-state index in [1.165, 1.54) is 0 Å². The highest BCUT2D eigenvalue weighted by Gasteiger charge is 2.09. The van der Waals surface area contributed by atoms with Crippen LogP contribution in [0.5, 0.6) is 0 Å². The molecule has 0 unspecified atom stereocenters. The van der Waals surface area contributed by atoms with Gasteiger partial charge < -0.3 is 11.1 Å². The zero-order valence-electron chi connectivity index (χ0n) is 8.93. The van der Waals surface area contributed by atoms with E-state index in [-0.39, 0.29) is 0 Å². The second-order valence-electron chi connectivity index (χ2n) is 3.59. The van der Waals surface area contributed by atoms with Crippen molar-refractivity contribution in [1.82, 2.24) is 5.32 Å². The Bertz CT molecular complexity index is 465. The number of amides is 1. The predicted molar refractivity (Wildman–Crippen MR) is 62.4 cm³/mol. The third-order valence-electron chi connectivity index (χ3n) is 1.86. The van der Waals surface area contributed by atoms with E-state index in [1.807, 2.05) is 0 Å². The first kappa shape index (κ1) is 12.5. The third-order valence-corrected chi connectivity index (χ3v) is 2.65. The Morgan fingerprint density at radius 1 is 1.31 bits per heavy atom. The molecule has 0 heterocycles. The molecule has 16 heavy (non-hydrogen) atoms. The van der Waals surface area contributed by atoms with E-state index in [2.05, 4.69) is 5.32 Å². The van der Waals surface area contributed by atoms with Crippen LogP contribution in [-0.2, 0) is 21.2 Å². The molecule has 3 N–H and O–H groups in total. The number of rotatable bonds is 4. The number of nitrogens with one attached hydrogen (secondary N) is 1. The van der Waals surface area contributed by atoms with Crippen LogP contribution in [0.25, 0.3) is 0 Å². The smallest absolute Gasteiger partial charge is 0.235 e. The molecule has 0 aliphatic heterocycles. The number of nitrogens with two attached hydrogens (primary N) is 1. The van der Waals surface area contributed by atoms with Crippen molar-refractivity contribution in [1.29, 1.82) is 0 Å². The van der Waals surface area contributed by atoms with Crippen molar-refractivity contribution in [2.24, 2.45) is 0 Å². The summed E-state index contributed by atoms with van der Waals surface area (Å²) in [5.41, 5.74) is 7.02. The fourth-order valence-electron chi connectivity index (χ4n) is 1.13. The van der Waals surface area contributed by atoms with Crippen LogP contribution in [0.2, 0.25) is 0 Å². The first-order valence-corrected chi connectivity index (χ1v) is 6.72. The van der Waals surface area contributed by atoms with Crippen LogP contribution in [0, 0.1) is 0 Å². The number of nitrogen functional groups attached to an aromatic ring is 1. The maximum atomic E-state index is 11.2. The minimum Gasteiger partial charge on any atom is -0.399 e. The molecule has 0 saturated heterocycles. The highest BCUT2D eigenvalue weighted by atomic mass is 32.2. The monoisotopic (exact) mass is 242 g/mol. The minimum absolute atomic E-state index is 0.300. The Morgan fingerprint density at radius 3 is 2.38 bits per heavy atom. The molecular formula is C10H14N2O3S. The summed E-state index contributed by atoms with van der Waals surface area (Å²) in [5, 5.41) is 2.52. The van der Waals surface area contributed by atoms with E-state index in [0.29, 0.717) is 12.2 Å². The van der Waals surface area contributed by atoms with Crippen LogP contribution in [0.1, 0.15) is 5.56 Å². The van der Waals surface area contributed by atoms with Gasteiger partial charge in [0.1, 0.15) is 5.75 Å². The average Bonchev–Trinajstić information content (AvgIpc) is 2.14. The predicted octanol–water partition coefficient (Wildman–Crippen LogP) is -0.0704. The second kappa shape index (κ2) is 4.98. The van der Waals surface area contributed by atoms with Gasteiger partial charge in [0.05, 0.1) is 0 Å². The van der Waals surface area contributed by atoms with Gasteiger partial charge in [0, 0.05) is 18.5 Å². The van der Waals surface area contributed by atoms with Crippen molar-refractivity contribution < 1.29 is 13.2 Å². The van der Waals surface area contributed by atoms with Crippen LogP contribution in [0.4, 0.5) is 5.69 Å². The van der Waals surface area contributed by atoms with Crippen LogP contribution in [0.15, 0.2) is 24.3 Å². The number of hydrogen-bond acceptors (Lipinski definition) is 4. The van der Waals surface area contributed by atoms with Gasteiger partial charge in [-0.3, -0.25) is 4.79 Å². The maximum Gasteiger partial charge on any atom is 0.235 e. The quantitative estimate of drug-likeness (QED) is 0.723. The molecule has 0 radical (unpaired) electrons. The van der Waals surface area contributed by atoms with Crippen molar-refractivity contribution in [2.45, 2.75) is 6.54 Å². The SMILES string of the molecule is CS(=O)(=O)CC(=O)NCc1ccc(N)cc1. The molecule has 0 fully saturated rings. The van der Waals surface area contributed by atoms with Gasteiger partial charge in [-0.15, -0.1) is 0 Å². The minimum atomic E-state index is -3.27. The summed E-state index contributed by atoms with van der Waals surface area (Å²) in [7, 11) is -3.27. The number of hydrogen-bond donors (Lipinski definition) is 2. The topological polar surface area (TPSA) is 89.3 Å². The van der Waals surface area contributed by atoms with Crippen molar-refractivity contribution in [2.75, 3.05) is 17.7 Å². The summed E-state index contributed by atoms with van der Waals surface area (Å²) < 4.78 is 21.6. The van der Waals surface area contributed by atoms with Crippen molar-refractivity contribution in [3.8, 4) is 0 Å². The molecular weight excluding hydrogens is 228 g/mol. The summed E-state index contributed by atoms with van der Waals surface area (Å²) >= 11 is 0. The lowest BCUT2D eigenvalue weighted by molar-refractivity contribution is -0.118. The lowest BCUT2D eigenvalue weighted by Crippen LogP contribution is -2.29. The molecule has 0 atom stereocenters. The van der Waals surface area contributed by atoms with Gasteiger partial charge in [0.25, 0.3) is 0 Å². The lowest BCUT2D eigenvalue weighted by Gasteiger charge is -2.04. The summed E-state index contributed by atoms with van der Waals surface area (Å²) in [6.07, 6.45) is 1.02. The molecule has 1 aromatic carbocycles. The lowest BCUT2D eigenvalue weighted by atomic mass is 10.2. The van der Waals surface area contributed by atoms with E-state index >= 15 is 0 Å². The van der Waals surface area contributed by atoms with E-state index < -0.39 is 21.5 Å². The number of sulfone groups is 1. The van der Waals surface area contributed by atoms with E-state index in [9.17, 15) is 13.2 Å². The highest BCUT2D eigenvalue weighted by molar-refractivity contribution is 7.91. The summed E-state index contributed by atoms with van der Waals surface area (Å²) in [6.45, 7) is 0.300. The van der Waals surface area contributed by atoms with Gasteiger partial charge in [-0.2, -0.15) is 0 Å². The zero-order valence-corrected chi connectivity index (χ0v) is 9.75. The molecule has 6 heteroatoms. The normalized spacial score (nSPS) is 11.1. The first-order chi connectivity index (χ1) is 7.37. The maximum absolute atomic E-state index is 11.2. The van der Waals surface area contributed by atoms with Gasteiger partial charge >= 0.3 is 0 Å². The van der Waals surface area contributed by atoms with Gasteiger partial charge in [-0.05, 0) is 17.7 Å².